The Morgan fingerprint density at radius 1 is 1.33 bits per heavy atom. The molecule has 15 heavy (non-hydrogen) atoms. The van der Waals surface area contributed by atoms with E-state index in [1.165, 1.54) is 0 Å². The maximum absolute atomic E-state index is 12.9. The summed E-state index contributed by atoms with van der Waals surface area (Å²) >= 11 is 0. The molecule has 0 atom stereocenters. The molecule has 0 saturated heterocycles. The summed E-state index contributed by atoms with van der Waals surface area (Å²) in [5.74, 6) is -3.62. The molecule has 0 aromatic carbocycles. The van der Waals surface area contributed by atoms with Gasteiger partial charge >= 0.3 is 0 Å². The number of alkyl halides is 2. The van der Waals surface area contributed by atoms with E-state index in [4.69, 9.17) is 0 Å². The molecular formula is C6H4F4N2O2S. The highest BCUT2D eigenvalue weighted by molar-refractivity contribution is 7.89. The lowest BCUT2D eigenvalue weighted by molar-refractivity contribution is 0.140. The fraction of sp³-hybridized carbons (Fsp3) is 0.167. The Morgan fingerprint density at radius 2 is 1.87 bits per heavy atom. The topological polar surface area (TPSA) is 73.1 Å². The molecule has 0 radical (unpaired) electrons. The third kappa shape index (κ3) is 2.23. The van der Waals surface area contributed by atoms with Crippen LogP contribution in [0.2, 0.25) is 0 Å². The fourth-order valence-corrected chi connectivity index (χ4v) is 1.67. The summed E-state index contributed by atoms with van der Waals surface area (Å²) in [6.07, 6.45) is -3.21. The van der Waals surface area contributed by atoms with E-state index in [2.05, 4.69) is 10.1 Å². The third-order valence-corrected chi connectivity index (χ3v) is 2.41. The zero-order valence-corrected chi connectivity index (χ0v) is 7.73. The molecule has 0 saturated carbocycles. The maximum Gasteiger partial charge on any atom is 0.281 e. The maximum atomic E-state index is 12.9. The van der Waals surface area contributed by atoms with Gasteiger partial charge < -0.3 is 0 Å². The van der Waals surface area contributed by atoms with Crippen LogP contribution in [0, 0.1) is 11.6 Å². The Balaban J connectivity index is 3.65. The minimum Gasteiger partial charge on any atom is -0.251 e. The van der Waals surface area contributed by atoms with Crippen LogP contribution < -0.4 is 5.14 Å². The van der Waals surface area contributed by atoms with E-state index in [-0.39, 0.29) is 6.20 Å². The van der Waals surface area contributed by atoms with Crippen LogP contribution in [0.3, 0.4) is 0 Å². The van der Waals surface area contributed by atoms with Gasteiger partial charge in [-0.2, -0.15) is 0 Å². The van der Waals surface area contributed by atoms with Crippen molar-refractivity contribution in [3.8, 4) is 0 Å². The molecule has 0 aliphatic heterocycles. The van der Waals surface area contributed by atoms with Crippen molar-refractivity contribution < 1.29 is 26.0 Å². The van der Waals surface area contributed by atoms with Crippen LogP contribution in [0.1, 0.15) is 12.1 Å². The summed E-state index contributed by atoms with van der Waals surface area (Å²) in [4.78, 5) is 1.17. The zero-order valence-electron chi connectivity index (χ0n) is 6.92. The SMILES string of the molecule is NS(=O)(=O)c1c(C(F)F)ncc(F)c1F. The normalized spacial score (nSPS) is 12.1. The molecule has 4 nitrogen and oxygen atoms in total. The second-order valence-electron chi connectivity index (χ2n) is 2.48. The molecule has 84 valence electrons. The Bertz CT molecular complexity index is 488. The predicted molar refractivity (Wildman–Crippen MR) is 40.5 cm³/mol. The molecule has 0 bridgehead atoms. The summed E-state index contributed by atoms with van der Waals surface area (Å²) in [5, 5.41) is 4.46. The van der Waals surface area contributed by atoms with Crippen LogP contribution in [-0.4, -0.2) is 13.4 Å². The molecule has 0 amide bonds. The largest absolute Gasteiger partial charge is 0.281 e. The van der Waals surface area contributed by atoms with Gasteiger partial charge in [-0.05, 0) is 0 Å². The van der Waals surface area contributed by atoms with Gasteiger partial charge in [0.05, 0.1) is 6.20 Å². The van der Waals surface area contributed by atoms with Crippen LogP contribution in [-0.2, 0) is 10.0 Å². The van der Waals surface area contributed by atoms with Gasteiger partial charge in [-0.1, -0.05) is 0 Å². The van der Waals surface area contributed by atoms with Crippen molar-refractivity contribution in [2.75, 3.05) is 0 Å². The summed E-state index contributed by atoms with van der Waals surface area (Å²) in [5.41, 5.74) is -1.41. The lowest BCUT2D eigenvalue weighted by Gasteiger charge is -2.06. The van der Waals surface area contributed by atoms with E-state index >= 15 is 0 Å². The Labute approximate surface area is 81.8 Å². The van der Waals surface area contributed by atoms with E-state index < -0.39 is 38.7 Å². The van der Waals surface area contributed by atoms with Gasteiger partial charge in [0.2, 0.25) is 10.0 Å². The average Bonchev–Trinajstić information content (AvgIpc) is 2.06. The number of hydrogen-bond donors (Lipinski definition) is 1. The minimum absolute atomic E-state index is 0.158. The summed E-state index contributed by atoms with van der Waals surface area (Å²) in [6, 6.07) is 0. The molecule has 0 aliphatic carbocycles. The first-order valence-electron chi connectivity index (χ1n) is 3.40. The van der Waals surface area contributed by atoms with Crippen molar-refractivity contribution in [3.63, 3.8) is 0 Å². The van der Waals surface area contributed by atoms with Crippen LogP contribution in [0.4, 0.5) is 17.6 Å². The van der Waals surface area contributed by atoms with Crippen LogP contribution in [0.5, 0.6) is 0 Å². The van der Waals surface area contributed by atoms with E-state index in [0.29, 0.717) is 0 Å². The molecule has 9 heteroatoms. The molecular weight excluding hydrogens is 240 g/mol. The van der Waals surface area contributed by atoms with Gasteiger partial charge in [0.1, 0.15) is 10.6 Å². The molecule has 1 rings (SSSR count). The van der Waals surface area contributed by atoms with E-state index in [9.17, 15) is 26.0 Å². The number of aromatic nitrogens is 1. The molecule has 2 N–H and O–H groups in total. The van der Waals surface area contributed by atoms with Gasteiger partial charge in [0.25, 0.3) is 6.43 Å². The van der Waals surface area contributed by atoms with E-state index in [1.54, 1.807) is 0 Å². The van der Waals surface area contributed by atoms with Crippen molar-refractivity contribution in [3.05, 3.63) is 23.5 Å². The highest BCUT2D eigenvalue weighted by Crippen LogP contribution is 2.26. The van der Waals surface area contributed by atoms with E-state index in [0.717, 1.165) is 0 Å². The summed E-state index contributed by atoms with van der Waals surface area (Å²) < 4.78 is 71.3. The Morgan fingerprint density at radius 3 is 2.27 bits per heavy atom. The van der Waals surface area contributed by atoms with Crippen molar-refractivity contribution in [1.82, 2.24) is 4.98 Å². The van der Waals surface area contributed by atoms with Gasteiger partial charge in [-0.3, -0.25) is 4.98 Å². The highest BCUT2D eigenvalue weighted by Gasteiger charge is 2.28. The van der Waals surface area contributed by atoms with Gasteiger partial charge in [-0.15, -0.1) is 0 Å². The first kappa shape index (κ1) is 11.9. The summed E-state index contributed by atoms with van der Waals surface area (Å²) in [6.45, 7) is 0. The first-order chi connectivity index (χ1) is 6.75. The minimum atomic E-state index is -4.79. The predicted octanol–water partition coefficient (Wildman–Crippen LogP) is 0.945. The molecule has 1 aromatic rings. The Kier molecular flexibility index (Phi) is 2.95. The molecule has 0 unspecified atom stereocenters. The van der Waals surface area contributed by atoms with Crippen LogP contribution in [0.25, 0.3) is 0 Å². The van der Waals surface area contributed by atoms with Gasteiger partial charge in [-0.25, -0.2) is 31.1 Å². The smallest absolute Gasteiger partial charge is 0.251 e. The number of nitrogens with two attached hydrogens (primary N) is 1. The number of primary sulfonamides is 1. The molecule has 1 heterocycles. The molecule has 0 spiro atoms. The number of hydrogen-bond acceptors (Lipinski definition) is 3. The number of halogens is 4. The second-order valence-corrected chi connectivity index (χ2v) is 3.98. The number of pyridine rings is 1. The number of rotatable bonds is 2. The van der Waals surface area contributed by atoms with Crippen molar-refractivity contribution in [2.45, 2.75) is 11.3 Å². The molecule has 1 aromatic heterocycles. The van der Waals surface area contributed by atoms with Crippen molar-refractivity contribution in [2.24, 2.45) is 5.14 Å². The van der Waals surface area contributed by atoms with Gasteiger partial charge in [0.15, 0.2) is 11.6 Å². The zero-order chi connectivity index (χ0) is 11.8. The average molecular weight is 244 g/mol. The van der Waals surface area contributed by atoms with E-state index in [1.807, 2.05) is 0 Å². The van der Waals surface area contributed by atoms with Crippen LogP contribution >= 0.6 is 0 Å². The van der Waals surface area contributed by atoms with Crippen molar-refractivity contribution >= 4 is 10.0 Å². The third-order valence-electron chi connectivity index (χ3n) is 1.45. The fourth-order valence-electron chi connectivity index (χ4n) is 0.889. The quantitative estimate of drug-likeness (QED) is 0.787. The van der Waals surface area contributed by atoms with Gasteiger partial charge in [0, 0.05) is 0 Å². The second kappa shape index (κ2) is 3.74. The lowest BCUT2D eigenvalue weighted by atomic mass is 10.3. The molecule has 0 aliphatic rings. The number of sulfonamides is 1. The summed E-state index contributed by atoms with van der Waals surface area (Å²) in [7, 11) is -4.79. The standard InChI is InChI=1S/C6H4F4N2O2S/c7-2-1-12-4(6(9)10)5(3(2)8)15(11,13)14/h1,6H,(H2,11,13,14). The molecule has 0 fully saturated rings. The van der Waals surface area contributed by atoms with Crippen LogP contribution in [0.15, 0.2) is 11.1 Å². The van der Waals surface area contributed by atoms with Crippen molar-refractivity contribution in [1.29, 1.82) is 0 Å². The first-order valence-corrected chi connectivity index (χ1v) is 4.94. The Hall–Kier alpha value is -1.22. The monoisotopic (exact) mass is 244 g/mol. The highest BCUT2D eigenvalue weighted by atomic mass is 32.2. The lowest BCUT2D eigenvalue weighted by Crippen LogP contribution is -2.18. The number of nitrogens with zero attached hydrogens (tertiary/aromatic N) is 1.